The summed E-state index contributed by atoms with van der Waals surface area (Å²) in [6.45, 7) is 13.0. The molecule has 4 aliphatic heterocycles. The lowest BCUT2D eigenvalue weighted by atomic mass is 9.98. The van der Waals surface area contributed by atoms with Crippen LogP contribution in [0.2, 0.25) is 0 Å². The molecule has 3 N–H and O–H groups in total. The van der Waals surface area contributed by atoms with E-state index in [0.717, 1.165) is 91.3 Å². The first-order valence-corrected chi connectivity index (χ1v) is 20.5. The maximum Gasteiger partial charge on any atom is 0.261 e. The summed E-state index contributed by atoms with van der Waals surface area (Å²) in [5.74, 6) is 0.237. The third kappa shape index (κ3) is 10.5. The van der Waals surface area contributed by atoms with E-state index in [1.54, 1.807) is 30.0 Å². The molecule has 294 valence electrons. The lowest BCUT2D eigenvalue weighted by Crippen LogP contribution is -2.49. The van der Waals surface area contributed by atoms with Gasteiger partial charge in [-0.3, -0.25) is 24.6 Å². The van der Waals surface area contributed by atoms with E-state index in [1.807, 2.05) is 13.8 Å². The molecular weight excluding hydrogens is 717 g/mol. The quantitative estimate of drug-likeness (QED) is 0.220. The summed E-state index contributed by atoms with van der Waals surface area (Å²) in [5.41, 5.74) is 0.929. The second-order valence-corrected chi connectivity index (χ2v) is 15.5. The topological polar surface area (TPSA) is 132 Å². The van der Waals surface area contributed by atoms with Crippen LogP contribution in [0.25, 0.3) is 10.9 Å². The number of benzene rings is 2. The van der Waals surface area contributed by atoms with E-state index >= 15 is 4.39 Å². The van der Waals surface area contributed by atoms with Crippen LogP contribution in [-0.2, 0) is 20.1 Å². The molecule has 4 fully saturated rings. The highest BCUT2D eigenvalue weighted by Gasteiger charge is 2.27. The summed E-state index contributed by atoms with van der Waals surface area (Å²) >= 11 is 1.75. The minimum absolute atomic E-state index is 0.0377. The molecule has 0 aliphatic carbocycles. The highest BCUT2D eigenvalue weighted by atomic mass is 32.2. The first-order valence-electron chi connectivity index (χ1n) is 19.4. The second kappa shape index (κ2) is 19.2. The maximum atomic E-state index is 15.1. The zero-order valence-corrected chi connectivity index (χ0v) is 32.2. The highest BCUT2D eigenvalue weighted by Crippen LogP contribution is 2.28. The van der Waals surface area contributed by atoms with E-state index < -0.39 is 17.4 Å². The fourth-order valence-corrected chi connectivity index (χ4v) is 8.47. The number of nitrogens with one attached hydrogen (secondary N) is 3. The molecule has 1 unspecified atom stereocenters. The van der Waals surface area contributed by atoms with Gasteiger partial charge in [0.25, 0.3) is 5.56 Å². The Hall–Kier alpha value is -3.79. The van der Waals surface area contributed by atoms with Crippen LogP contribution in [0.5, 0.6) is 5.75 Å². The Kier molecular flexibility index (Phi) is 14.2. The smallest absolute Gasteiger partial charge is 0.261 e. The molecule has 4 aliphatic rings. The molecule has 3 aromatic rings. The molecule has 0 spiro atoms. The Morgan fingerprint density at radius 3 is 2.33 bits per heavy atom. The van der Waals surface area contributed by atoms with Gasteiger partial charge in [-0.05, 0) is 69.3 Å². The number of piperidine rings is 2. The molecule has 0 saturated carbocycles. The normalized spacial score (nSPS) is 20.7. The Morgan fingerprint density at radius 2 is 1.63 bits per heavy atom. The SMILES string of the molecule is CC.O=C1CCC(Nc2ccc(N3CCN(CCN4CCC(COc5cc(F)c6c(=O)[nH]c(CSC7CCOCC7)nc6c5)CC4)CC3)c(F)c2)C(=O)N1. The van der Waals surface area contributed by atoms with Crippen molar-refractivity contribution in [2.45, 2.75) is 69.4 Å². The van der Waals surface area contributed by atoms with E-state index in [9.17, 15) is 18.8 Å². The van der Waals surface area contributed by atoms with Gasteiger partial charge in [0.1, 0.15) is 34.6 Å². The number of hydrogen-bond donors (Lipinski definition) is 3. The van der Waals surface area contributed by atoms with Crippen molar-refractivity contribution in [3.63, 3.8) is 0 Å². The summed E-state index contributed by atoms with van der Waals surface area (Å²) in [7, 11) is 0. The van der Waals surface area contributed by atoms with Gasteiger partial charge in [-0.2, -0.15) is 11.8 Å². The number of thioether (sulfide) groups is 1. The van der Waals surface area contributed by atoms with Crippen LogP contribution in [-0.4, -0.2) is 115 Å². The number of nitrogens with zero attached hydrogens (tertiary/aromatic N) is 4. The number of piperazine rings is 1. The molecular formula is C39H53F2N7O5S. The standard InChI is InChI=1S/C37H47F2N7O5S.C2H6/c38-28-19-25(40-30-2-4-34(47)43-36(30)48)1-3-32(28)46-15-13-45(14-16-46)12-11-44-9-5-24(6-10-44)22-51-26-20-29(39)35-31(21-26)41-33(42-37(35)49)23-52-27-7-17-50-18-8-27;1-2/h1,3,19-21,24,27,30,40H,2,4-18,22-23H2,(H,41,42,49)(H,43,47,48);1-2H3. The Morgan fingerprint density at radius 1 is 0.907 bits per heavy atom. The number of aromatic amines is 1. The summed E-state index contributed by atoms with van der Waals surface area (Å²) in [4.78, 5) is 50.4. The van der Waals surface area contributed by atoms with Gasteiger partial charge in [0, 0.05) is 82.0 Å². The van der Waals surface area contributed by atoms with Crippen LogP contribution in [0, 0.1) is 17.6 Å². The van der Waals surface area contributed by atoms with Gasteiger partial charge in [0.2, 0.25) is 11.8 Å². The van der Waals surface area contributed by atoms with Gasteiger partial charge >= 0.3 is 0 Å². The van der Waals surface area contributed by atoms with E-state index in [4.69, 9.17) is 9.47 Å². The van der Waals surface area contributed by atoms with Gasteiger partial charge in [0.15, 0.2) is 0 Å². The van der Waals surface area contributed by atoms with E-state index in [0.29, 0.717) is 58.4 Å². The number of imide groups is 1. The number of anilines is 2. The molecule has 0 bridgehead atoms. The molecule has 12 nitrogen and oxygen atoms in total. The summed E-state index contributed by atoms with van der Waals surface area (Å²) in [6.07, 6.45) is 4.58. The zero-order chi connectivity index (χ0) is 38.0. The molecule has 2 amide bonds. The highest BCUT2D eigenvalue weighted by molar-refractivity contribution is 7.99. The van der Waals surface area contributed by atoms with Gasteiger partial charge in [-0.1, -0.05) is 13.8 Å². The minimum atomic E-state index is -0.622. The van der Waals surface area contributed by atoms with Gasteiger partial charge < -0.3 is 29.6 Å². The van der Waals surface area contributed by atoms with Crippen molar-refractivity contribution in [2.24, 2.45) is 5.92 Å². The molecule has 2 aromatic carbocycles. The number of halogens is 2. The van der Waals surface area contributed by atoms with Crippen LogP contribution in [0.1, 0.15) is 58.2 Å². The first-order chi connectivity index (χ1) is 26.3. The molecule has 5 heterocycles. The predicted molar refractivity (Wildman–Crippen MR) is 208 cm³/mol. The van der Waals surface area contributed by atoms with E-state index in [-0.39, 0.29) is 29.4 Å². The Labute approximate surface area is 319 Å². The summed E-state index contributed by atoms with van der Waals surface area (Å²) in [6, 6.07) is 7.38. The van der Waals surface area contributed by atoms with Crippen LogP contribution in [0.4, 0.5) is 20.2 Å². The van der Waals surface area contributed by atoms with Crippen LogP contribution in [0.3, 0.4) is 0 Å². The molecule has 4 saturated heterocycles. The number of hydrogen-bond acceptors (Lipinski definition) is 11. The largest absolute Gasteiger partial charge is 0.493 e. The van der Waals surface area contributed by atoms with Gasteiger partial charge in [-0.15, -0.1) is 0 Å². The fraction of sp³-hybridized carbons (Fsp3) is 0.590. The summed E-state index contributed by atoms with van der Waals surface area (Å²) in [5, 5.41) is 5.79. The monoisotopic (exact) mass is 769 g/mol. The Bertz CT molecular complexity index is 1790. The van der Waals surface area contributed by atoms with Crippen molar-refractivity contribution < 1.29 is 27.8 Å². The number of amides is 2. The number of carbonyl (C=O) groups is 2. The van der Waals surface area contributed by atoms with Crippen molar-refractivity contribution in [1.29, 1.82) is 0 Å². The molecule has 15 heteroatoms. The lowest BCUT2D eigenvalue weighted by Gasteiger charge is -2.38. The van der Waals surface area contributed by atoms with Gasteiger partial charge in [-0.25, -0.2) is 13.8 Å². The number of H-pyrrole nitrogens is 1. The molecule has 54 heavy (non-hydrogen) atoms. The number of fused-ring (bicyclic) bond motifs is 1. The summed E-state index contributed by atoms with van der Waals surface area (Å²) < 4.78 is 41.6. The van der Waals surface area contributed by atoms with Crippen LogP contribution >= 0.6 is 11.8 Å². The average Bonchev–Trinajstić information content (AvgIpc) is 3.18. The van der Waals surface area contributed by atoms with Crippen LogP contribution in [0.15, 0.2) is 35.1 Å². The number of likely N-dealkylation sites (tertiary alicyclic amines) is 1. The van der Waals surface area contributed by atoms with Gasteiger partial charge in [0.05, 0.1) is 23.6 Å². The van der Waals surface area contributed by atoms with E-state index in [1.165, 1.54) is 12.1 Å². The van der Waals surface area contributed by atoms with Crippen molar-refractivity contribution in [3.05, 3.63) is 58.1 Å². The van der Waals surface area contributed by atoms with Crippen molar-refractivity contribution in [2.75, 3.05) is 82.4 Å². The zero-order valence-electron chi connectivity index (χ0n) is 31.3. The Balaban J connectivity index is 0.00000245. The number of carbonyl (C=O) groups excluding carboxylic acids is 2. The third-order valence-electron chi connectivity index (χ3n) is 10.6. The number of aromatic nitrogens is 2. The fourth-order valence-electron chi connectivity index (χ4n) is 7.41. The molecule has 1 atom stereocenters. The minimum Gasteiger partial charge on any atom is -0.493 e. The molecule has 7 rings (SSSR count). The number of ether oxygens (including phenoxy) is 2. The maximum absolute atomic E-state index is 15.1. The van der Waals surface area contributed by atoms with Crippen LogP contribution < -0.4 is 25.8 Å². The van der Waals surface area contributed by atoms with Crippen molar-refractivity contribution >= 4 is 45.9 Å². The molecule has 0 radical (unpaired) electrons. The molecule has 1 aromatic heterocycles. The van der Waals surface area contributed by atoms with E-state index in [2.05, 4.69) is 35.3 Å². The lowest BCUT2D eigenvalue weighted by molar-refractivity contribution is -0.133. The first kappa shape index (κ1) is 39.9. The second-order valence-electron chi connectivity index (χ2n) is 14.2. The third-order valence-corrected chi connectivity index (χ3v) is 12.0. The number of rotatable bonds is 12. The average molecular weight is 770 g/mol. The van der Waals surface area contributed by atoms with Crippen molar-refractivity contribution in [1.82, 2.24) is 25.1 Å². The van der Waals surface area contributed by atoms with Crippen molar-refractivity contribution in [3.8, 4) is 5.75 Å². The predicted octanol–water partition coefficient (Wildman–Crippen LogP) is 4.77.